The Morgan fingerprint density at radius 3 is 2.60 bits per heavy atom. The summed E-state index contributed by atoms with van der Waals surface area (Å²) in [7, 11) is 0. The Bertz CT molecular complexity index is 780. The zero-order chi connectivity index (χ0) is 17.8. The fraction of sp³-hybridized carbons (Fsp3) is 0.263. The number of nitrogens with one attached hydrogen (secondary N) is 1. The van der Waals surface area contributed by atoms with Crippen molar-refractivity contribution >= 4 is 17.5 Å². The number of anilines is 1. The first-order valence-electron chi connectivity index (χ1n) is 8.14. The van der Waals surface area contributed by atoms with E-state index in [1.165, 1.54) is 11.0 Å². The fourth-order valence-electron chi connectivity index (χ4n) is 3.02. The van der Waals surface area contributed by atoms with Gasteiger partial charge in [-0.1, -0.05) is 30.3 Å². The number of benzene rings is 2. The molecule has 1 aliphatic heterocycles. The molecule has 1 aliphatic rings. The van der Waals surface area contributed by atoms with E-state index in [2.05, 4.69) is 5.32 Å². The van der Waals surface area contributed by atoms with Crippen molar-refractivity contribution in [2.45, 2.75) is 25.3 Å². The van der Waals surface area contributed by atoms with E-state index in [0.29, 0.717) is 25.5 Å². The highest BCUT2D eigenvalue weighted by Gasteiger charge is 2.34. The van der Waals surface area contributed by atoms with Crippen molar-refractivity contribution in [3.8, 4) is 0 Å². The lowest BCUT2D eigenvalue weighted by molar-refractivity contribution is -0.136. The van der Waals surface area contributed by atoms with Crippen molar-refractivity contribution in [2.75, 3.05) is 11.9 Å². The van der Waals surface area contributed by atoms with Gasteiger partial charge in [0.2, 0.25) is 11.8 Å². The highest BCUT2D eigenvalue weighted by molar-refractivity contribution is 5.97. The summed E-state index contributed by atoms with van der Waals surface area (Å²) >= 11 is 0. The summed E-state index contributed by atoms with van der Waals surface area (Å²) in [4.78, 5) is 26.5. The minimum atomic E-state index is -0.839. The van der Waals surface area contributed by atoms with Crippen LogP contribution in [0.1, 0.15) is 18.4 Å². The molecule has 0 saturated carbocycles. The predicted octanol–water partition coefficient (Wildman–Crippen LogP) is 3.14. The van der Waals surface area contributed by atoms with E-state index < -0.39 is 23.6 Å². The van der Waals surface area contributed by atoms with E-state index in [1.807, 2.05) is 30.3 Å². The largest absolute Gasteiger partial charge is 0.330 e. The molecule has 2 aromatic rings. The summed E-state index contributed by atoms with van der Waals surface area (Å²) in [5.74, 6) is -2.14. The molecule has 130 valence electrons. The molecule has 2 amide bonds. The number of halogens is 2. The summed E-state index contributed by atoms with van der Waals surface area (Å²) in [5, 5.41) is 2.45. The molecule has 0 radical (unpaired) electrons. The van der Waals surface area contributed by atoms with Gasteiger partial charge in [0.1, 0.15) is 17.7 Å². The Morgan fingerprint density at radius 2 is 1.88 bits per heavy atom. The minimum absolute atomic E-state index is 0.0891. The molecular formula is C19H18F2N2O2. The van der Waals surface area contributed by atoms with Gasteiger partial charge in [-0.3, -0.25) is 9.59 Å². The van der Waals surface area contributed by atoms with E-state index in [4.69, 9.17) is 0 Å². The first-order chi connectivity index (χ1) is 12.0. The summed E-state index contributed by atoms with van der Waals surface area (Å²) in [6, 6.07) is 11.6. The number of nitrogens with zero attached hydrogens (tertiary/aromatic N) is 1. The van der Waals surface area contributed by atoms with Gasteiger partial charge in [-0.15, -0.1) is 0 Å². The molecule has 0 bridgehead atoms. The molecule has 0 aromatic heterocycles. The molecule has 3 rings (SSSR count). The Hall–Kier alpha value is -2.76. The molecule has 0 spiro atoms. The van der Waals surface area contributed by atoms with Crippen LogP contribution in [-0.4, -0.2) is 29.3 Å². The van der Waals surface area contributed by atoms with Crippen LogP contribution in [0.3, 0.4) is 0 Å². The number of hydrogen-bond acceptors (Lipinski definition) is 2. The second-order valence-electron chi connectivity index (χ2n) is 6.02. The first kappa shape index (κ1) is 17.1. The molecule has 1 fully saturated rings. The SMILES string of the molecule is O=C(Nc1ccc(F)cc1F)C1CCCN1C(=O)Cc1ccccc1. The standard InChI is InChI=1S/C19H18F2N2O2/c20-14-8-9-16(15(21)12-14)22-19(25)17-7-4-10-23(17)18(24)11-13-5-2-1-3-6-13/h1-3,5-6,8-9,12,17H,4,7,10-11H2,(H,22,25). The number of carbonyl (C=O) groups excluding carboxylic acids is 2. The zero-order valence-electron chi connectivity index (χ0n) is 13.5. The van der Waals surface area contributed by atoms with Crippen LogP contribution in [0.25, 0.3) is 0 Å². The van der Waals surface area contributed by atoms with Crippen LogP contribution in [0.2, 0.25) is 0 Å². The van der Waals surface area contributed by atoms with Gasteiger partial charge >= 0.3 is 0 Å². The van der Waals surface area contributed by atoms with Gasteiger partial charge in [0.15, 0.2) is 0 Å². The Kier molecular flexibility index (Phi) is 5.07. The van der Waals surface area contributed by atoms with E-state index in [1.54, 1.807) is 0 Å². The summed E-state index contributed by atoms with van der Waals surface area (Å²) in [6.45, 7) is 0.496. The Morgan fingerprint density at radius 1 is 1.12 bits per heavy atom. The smallest absolute Gasteiger partial charge is 0.247 e. The van der Waals surface area contributed by atoms with E-state index >= 15 is 0 Å². The normalized spacial score (nSPS) is 16.7. The maximum Gasteiger partial charge on any atom is 0.247 e. The average Bonchev–Trinajstić information content (AvgIpc) is 3.08. The molecule has 25 heavy (non-hydrogen) atoms. The number of amides is 2. The van der Waals surface area contributed by atoms with Crippen LogP contribution in [0.4, 0.5) is 14.5 Å². The number of likely N-dealkylation sites (tertiary alicyclic amines) is 1. The molecule has 6 heteroatoms. The van der Waals surface area contributed by atoms with Crippen LogP contribution in [-0.2, 0) is 16.0 Å². The minimum Gasteiger partial charge on any atom is -0.330 e. The van der Waals surface area contributed by atoms with Gasteiger partial charge in [-0.05, 0) is 30.5 Å². The number of carbonyl (C=O) groups is 2. The van der Waals surface area contributed by atoms with Crippen LogP contribution in [0, 0.1) is 11.6 Å². The monoisotopic (exact) mass is 344 g/mol. The summed E-state index contributed by atoms with van der Waals surface area (Å²) in [5.41, 5.74) is 0.789. The maximum absolute atomic E-state index is 13.7. The van der Waals surface area contributed by atoms with E-state index in [0.717, 1.165) is 11.6 Å². The Balaban J connectivity index is 1.68. The van der Waals surface area contributed by atoms with Crippen molar-refractivity contribution < 1.29 is 18.4 Å². The van der Waals surface area contributed by atoms with E-state index in [-0.39, 0.29) is 18.0 Å². The highest BCUT2D eigenvalue weighted by Crippen LogP contribution is 2.22. The molecule has 1 heterocycles. The van der Waals surface area contributed by atoms with Gasteiger partial charge in [0, 0.05) is 12.6 Å². The molecule has 1 saturated heterocycles. The molecule has 4 nitrogen and oxygen atoms in total. The van der Waals surface area contributed by atoms with Gasteiger partial charge in [-0.2, -0.15) is 0 Å². The predicted molar refractivity (Wildman–Crippen MR) is 89.9 cm³/mol. The molecule has 1 atom stereocenters. The summed E-state index contributed by atoms with van der Waals surface area (Å²) < 4.78 is 26.7. The topological polar surface area (TPSA) is 49.4 Å². The third-order valence-corrected chi connectivity index (χ3v) is 4.26. The quantitative estimate of drug-likeness (QED) is 0.926. The second kappa shape index (κ2) is 7.42. The van der Waals surface area contributed by atoms with Crippen molar-refractivity contribution in [1.82, 2.24) is 4.90 Å². The third-order valence-electron chi connectivity index (χ3n) is 4.26. The molecule has 1 unspecified atom stereocenters. The van der Waals surface area contributed by atoms with Gasteiger partial charge in [0.25, 0.3) is 0 Å². The molecule has 2 aromatic carbocycles. The van der Waals surface area contributed by atoms with Crippen LogP contribution in [0.5, 0.6) is 0 Å². The van der Waals surface area contributed by atoms with Crippen LogP contribution in [0.15, 0.2) is 48.5 Å². The van der Waals surface area contributed by atoms with Crippen LogP contribution < -0.4 is 5.32 Å². The average molecular weight is 344 g/mol. The number of rotatable bonds is 4. The van der Waals surface area contributed by atoms with Gasteiger partial charge in [-0.25, -0.2) is 8.78 Å². The van der Waals surface area contributed by atoms with Crippen molar-refractivity contribution in [3.63, 3.8) is 0 Å². The fourth-order valence-corrected chi connectivity index (χ4v) is 3.02. The van der Waals surface area contributed by atoms with Gasteiger partial charge < -0.3 is 10.2 Å². The van der Waals surface area contributed by atoms with Crippen molar-refractivity contribution in [2.24, 2.45) is 0 Å². The zero-order valence-corrected chi connectivity index (χ0v) is 13.5. The van der Waals surface area contributed by atoms with Crippen molar-refractivity contribution in [1.29, 1.82) is 0 Å². The summed E-state index contributed by atoms with van der Waals surface area (Å²) in [6.07, 6.45) is 1.45. The van der Waals surface area contributed by atoms with E-state index in [9.17, 15) is 18.4 Å². The highest BCUT2D eigenvalue weighted by atomic mass is 19.1. The maximum atomic E-state index is 13.7. The number of hydrogen-bond donors (Lipinski definition) is 1. The van der Waals surface area contributed by atoms with Crippen LogP contribution >= 0.6 is 0 Å². The lowest BCUT2D eigenvalue weighted by Crippen LogP contribution is -2.43. The third kappa shape index (κ3) is 4.02. The second-order valence-corrected chi connectivity index (χ2v) is 6.02. The first-order valence-corrected chi connectivity index (χ1v) is 8.14. The van der Waals surface area contributed by atoms with Gasteiger partial charge in [0.05, 0.1) is 12.1 Å². The lowest BCUT2D eigenvalue weighted by Gasteiger charge is -2.24. The van der Waals surface area contributed by atoms with Crippen molar-refractivity contribution in [3.05, 3.63) is 65.7 Å². The Labute approximate surface area is 144 Å². The molecular weight excluding hydrogens is 326 g/mol. The molecule has 1 N–H and O–H groups in total. The lowest BCUT2D eigenvalue weighted by atomic mass is 10.1. The molecule has 0 aliphatic carbocycles.